The predicted octanol–water partition coefficient (Wildman–Crippen LogP) is 3.75. The SMILES string of the molecule is CC(C)C(=O)c1cccc(C(=O)C(C)(C)C)c1. The van der Waals surface area contributed by atoms with Crippen molar-refractivity contribution in [1.29, 1.82) is 0 Å². The molecule has 0 unspecified atom stereocenters. The van der Waals surface area contributed by atoms with Gasteiger partial charge in [-0.25, -0.2) is 0 Å². The van der Waals surface area contributed by atoms with Crippen molar-refractivity contribution in [1.82, 2.24) is 0 Å². The molecule has 0 spiro atoms. The van der Waals surface area contributed by atoms with Gasteiger partial charge in [0.15, 0.2) is 11.6 Å². The molecule has 17 heavy (non-hydrogen) atoms. The highest BCUT2D eigenvalue weighted by Gasteiger charge is 2.23. The first-order valence-corrected chi connectivity index (χ1v) is 5.92. The van der Waals surface area contributed by atoms with E-state index in [0.717, 1.165) is 0 Å². The van der Waals surface area contributed by atoms with Gasteiger partial charge in [0.2, 0.25) is 0 Å². The van der Waals surface area contributed by atoms with Gasteiger partial charge in [0.1, 0.15) is 0 Å². The summed E-state index contributed by atoms with van der Waals surface area (Å²) in [5.41, 5.74) is 0.818. The largest absolute Gasteiger partial charge is 0.294 e. The van der Waals surface area contributed by atoms with Crippen LogP contribution < -0.4 is 0 Å². The minimum atomic E-state index is -0.417. The van der Waals surface area contributed by atoms with E-state index in [0.29, 0.717) is 11.1 Å². The smallest absolute Gasteiger partial charge is 0.168 e. The molecule has 0 bridgehead atoms. The molecule has 0 atom stereocenters. The number of rotatable bonds is 3. The number of Topliss-reactive ketones (excluding diaryl/α,β-unsaturated/α-hetero) is 2. The van der Waals surface area contributed by atoms with Crippen LogP contribution in [-0.4, -0.2) is 11.6 Å². The Kier molecular flexibility index (Phi) is 3.87. The average molecular weight is 232 g/mol. The molecule has 2 nitrogen and oxygen atoms in total. The van der Waals surface area contributed by atoms with Crippen molar-refractivity contribution in [3.05, 3.63) is 35.4 Å². The van der Waals surface area contributed by atoms with Crippen LogP contribution in [0, 0.1) is 11.3 Å². The Morgan fingerprint density at radius 3 is 2.06 bits per heavy atom. The molecule has 1 rings (SSSR count). The van der Waals surface area contributed by atoms with Crippen LogP contribution in [-0.2, 0) is 0 Å². The molecule has 0 radical (unpaired) electrons. The fourth-order valence-electron chi connectivity index (χ4n) is 1.58. The lowest BCUT2D eigenvalue weighted by atomic mass is 9.85. The van der Waals surface area contributed by atoms with Gasteiger partial charge in [-0.15, -0.1) is 0 Å². The van der Waals surface area contributed by atoms with Crippen molar-refractivity contribution in [2.24, 2.45) is 11.3 Å². The maximum absolute atomic E-state index is 12.1. The molecule has 0 aromatic heterocycles. The highest BCUT2D eigenvalue weighted by atomic mass is 16.1. The molecule has 0 saturated carbocycles. The number of carbonyl (C=O) groups excluding carboxylic acids is 2. The van der Waals surface area contributed by atoms with Gasteiger partial charge in [-0.2, -0.15) is 0 Å². The minimum absolute atomic E-state index is 0.0463. The van der Waals surface area contributed by atoms with Gasteiger partial charge in [0.05, 0.1) is 0 Å². The fraction of sp³-hybridized carbons (Fsp3) is 0.467. The van der Waals surface area contributed by atoms with E-state index in [-0.39, 0.29) is 17.5 Å². The first-order valence-electron chi connectivity index (χ1n) is 5.92. The zero-order valence-corrected chi connectivity index (χ0v) is 11.2. The fourth-order valence-corrected chi connectivity index (χ4v) is 1.58. The Morgan fingerprint density at radius 2 is 1.59 bits per heavy atom. The van der Waals surface area contributed by atoms with Gasteiger partial charge in [0, 0.05) is 22.5 Å². The molecule has 92 valence electrons. The predicted molar refractivity (Wildman–Crippen MR) is 69.4 cm³/mol. The van der Waals surface area contributed by atoms with Crippen molar-refractivity contribution >= 4 is 11.6 Å². The van der Waals surface area contributed by atoms with Gasteiger partial charge in [-0.1, -0.05) is 52.8 Å². The lowest BCUT2D eigenvalue weighted by Crippen LogP contribution is -2.20. The molecular weight excluding hydrogens is 212 g/mol. The molecule has 1 aromatic carbocycles. The summed E-state index contributed by atoms with van der Waals surface area (Å²) in [5.74, 6) is 0.0967. The summed E-state index contributed by atoms with van der Waals surface area (Å²) >= 11 is 0. The van der Waals surface area contributed by atoms with E-state index in [9.17, 15) is 9.59 Å². The molecule has 0 heterocycles. The first-order chi connectivity index (χ1) is 7.73. The van der Waals surface area contributed by atoms with Crippen molar-refractivity contribution in [2.45, 2.75) is 34.6 Å². The average Bonchev–Trinajstić information content (AvgIpc) is 2.25. The van der Waals surface area contributed by atoms with Crippen LogP contribution in [0.25, 0.3) is 0 Å². The van der Waals surface area contributed by atoms with Crippen LogP contribution in [0.15, 0.2) is 24.3 Å². The normalized spacial score (nSPS) is 11.6. The molecule has 0 N–H and O–H groups in total. The Morgan fingerprint density at radius 1 is 1.06 bits per heavy atom. The topological polar surface area (TPSA) is 34.1 Å². The molecule has 0 saturated heterocycles. The van der Waals surface area contributed by atoms with Crippen molar-refractivity contribution in [2.75, 3.05) is 0 Å². The van der Waals surface area contributed by atoms with Gasteiger partial charge < -0.3 is 0 Å². The second kappa shape index (κ2) is 4.82. The van der Waals surface area contributed by atoms with Crippen LogP contribution >= 0.6 is 0 Å². The molecule has 0 amide bonds. The third-order valence-electron chi connectivity index (χ3n) is 2.61. The quantitative estimate of drug-likeness (QED) is 0.744. The molecule has 0 aliphatic heterocycles. The standard InChI is InChI=1S/C15H20O2/c1-10(2)13(16)11-7-6-8-12(9-11)14(17)15(3,4)5/h6-10H,1-5H3. The van der Waals surface area contributed by atoms with Crippen molar-refractivity contribution in [3.8, 4) is 0 Å². The summed E-state index contributed by atoms with van der Waals surface area (Å²) in [4.78, 5) is 24.0. The second-order valence-electron chi connectivity index (χ2n) is 5.68. The van der Waals surface area contributed by atoms with Crippen molar-refractivity contribution in [3.63, 3.8) is 0 Å². The zero-order valence-electron chi connectivity index (χ0n) is 11.2. The van der Waals surface area contributed by atoms with E-state index in [4.69, 9.17) is 0 Å². The lowest BCUT2D eigenvalue weighted by molar-refractivity contribution is 0.0858. The molecule has 0 fully saturated rings. The van der Waals surface area contributed by atoms with Crippen molar-refractivity contribution < 1.29 is 9.59 Å². The second-order valence-corrected chi connectivity index (χ2v) is 5.68. The van der Waals surface area contributed by atoms with E-state index in [1.54, 1.807) is 24.3 Å². The maximum Gasteiger partial charge on any atom is 0.168 e. The van der Waals surface area contributed by atoms with Crippen LogP contribution in [0.1, 0.15) is 55.3 Å². The summed E-state index contributed by atoms with van der Waals surface area (Å²) in [6.45, 7) is 9.37. The van der Waals surface area contributed by atoms with Gasteiger partial charge in [-0.05, 0) is 6.07 Å². The van der Waals surface area contributed by atoms with E-state index < -0.39 is 5.41 Å². The lowest BCUT2D eigenvalue weighted by Gasteiger charge is -2.17. The van der Waals surface area contributed by atoms with Crippen LogP contribution in [0.2, 0.25) is 0 Å². The maximum atomic E-state index is 12.1. The Bertz CT molecular complexity index is 436. The highest BCUT2D eigenvalue weighted by Crippen LogP contribution is 2.22. The van der Waals surface area contributed by atoms with Crippen LogP contribution in [0.5, 0.6) is 0 Å². The minimum Gasteiger partial charge on any atom is -0.294 e. The van der Waals surface area contributed by atoms with Gasteiger partial charge >= 0.3 is 0 Å². The number of hydrogen-bond donors (Lipinski definition) is 0. The van der Waals surface area contributed by atoms with E-state index >= 15 is 0 Å². The first kappa shape index (κ1) is 13.6. The number of ketones is 2. The number of carbonyl (C=O) groups is 2. The van der Waals surface area contributed by atoms with E-state index in [1.165, 1.54) is 0 Å². The Hall–Kier alpha value is -1.44. The van der Waals surface area contributed by atoms with Gasteiger partial charge in [0.25, 0.3) is 0 Å². The van der Waals surface area contributed by atoms with Crippen LogP contribution in [0.4, 0.5) is 0 Å². The summed E-state index contributed by atoms with van der Waals surface area (Å²) in [7, 11) is 0. The number of hydrogen-bond acceptors (Lipinski definition) is 2. The molecule has 0 aliphatic carbocycles. The summed E-state index contributed by atoms with van der Waals surface area (Å²) in [6, 6.07) is 7.01. The van der Waals surface area contributed by atoms with E-state index in [1.807, 2.05) is 34.6 Å². The zero-order chi connectivity index (χ0) is 13.2. The third kappa shape index (κ3) is 3.26. The highest BCUT2D eigenvalue weighted by molar-refractivity contribution is 6.03. The third-order valence-corrected chi connectivity index (χ3v) is 2.61. The number of benzene rings is 1. The molecule has 0 aliphatic rings. The Labute approximate surface area is 103 Å². The van der Waals surface area contributed by atoms with Gasteiger partial charge in [-0.3, -0.25) is 9.59 Å². The summed E-state index contributed by atoms with van der Waals surface area (Å²) in [6.07, 6.45) is 0. The van der Waals surface area contributed by atoms with E-state index in [2.05, 4.69) is 0 Å². The summed E-state index contributed by atoms with van der Waals surface area (Å²) < 4.78 is 0. The molecule has 2 heteroatoms. The van der Waals surface area contributed by atoms with Crippen LogP contribution in [0.3, 0.4) is 0 Å². The summed E-state index contributed by atoms with van der Waals surface area (Å²) in [5, 5.41) is 0. The Balaban J connectivity index is 3.10. The molecular formula is C15H20O2. The molecule has 1 aromatic rings. The monoisotopic (exact) mass is 232 g/mol.